The van der Waals surface area contributed by atoms with Crippen LogP contribution in [0.2, 0.25) is 0 Å². The topological polar surface area (TPSA) is 52.9 Å². The Labute approximate surface area is 129 Å². The first-order valence-corrected chi connectivity index (χ1v) is 7.23. The average molecular weight is 288 g/mol. The van der Waals surface area contributed by atoms with Crippen LogP contribution < -0.4 is 5.32 Å². The summed E-state index contributed by atoms with van der Waals surface area (Å²) in [5, 5.41) is 12.2. The van der Waals surface area contributed by atoms with Gasteiger partial charge in [0.05, 0.1) is 6.07 Å². The molecule has 1 N–H and O–H groups in total. The summed E-state index contributed by atoms with van der Waals surface area (Å²) >= 11 is 0. The summed E-state index contributed by atoms with van der Waals surface area (Å²) in [5.74, 6) is -1.16. The van der Waals surface area contributed by atoms with Crippen LogP contribution in [0.5, 0.6) is 0 Å². The van der Waals surface area contributed by atoms with Crippen LogP contribution in [-0.2, 0) is 4.79 Å². The predicted octanol–water partition coefficient (Wildman–Crippen LogP) is 3.39. The lowest BCUT2D eigenvalue weighted by molar-refractivity contribution is -0.122. The van der Waals surface area contributed by atoms with Crippen molar-refractivity contribution in [3.8, 4) is 6.07 Å². The summed E-state index contributed by atoms with van der Waals surface area (Å²) in [6, 6.07) is 19.8. The van der Waals surface area contributed by atoms with Crippen molar-refractivity contribution >= 4 is 11.6 Å². The number of benzene rings is 2. The fourth-order valence-corrected chi connectivity index (χ4v) is 2.70. The summed E-state index contributed by atoms with van der Waals surface area (Å²) in [7, 11) is 0. The molecule has 0 fully saturated rings. The summed E-state index contributed by atoms with van der Waals surface area (Å²) in [6.07, 6.45) is 1.98. The van der Waals surface area contributed by atoms with Gasteiger partial charge in [0, 0.05) is 11.6 Å². The van der Waals surface area contributed by atoms with Gasteiger partial charge in [0.25, 0.3) is 0 Å². The summed E-state index contributed by atoms with van der Waals surface area (Å²) < 4.78 is 0. The van der Waals surface area contributed by atoms with E-state index in [1.807, 2.05) is 67.6 Å². The Morgan fingerprint density at radius 3 is 2.36 bits per heavy atom. The second kappa shape index (κ2) is 5.87. The second-order valence-electron chi connectivity index (χ2n) is 5.48. The highest BCUT2D eigenvalue weighted by molar-refractivity contribution is 5.93. The van der Waals surface area contributed by atoms with Crippen LogP contribution in [0.1, 0.15) is 22.6 Å². The molecule has 0 spiro atoms. The van der Waals surface area contributed by atoms with Gasteiger partial charge in [0.15, 0.2) is 0 Å². The molecule has 3 heteroatoms. The first kappa shape index (κ1) is 14.1. The molecular weight excluding hydrogens is 272 g/mol. The van der Waals surface area contributed by atoms with Crippen molar-refractivity contribution in [2.45, 2.75) is 12.8 Å². The minimum Gasteiger partial charge on any atom is -0.325 e. The predicted molar refractivity (Wildman–Crippen MR) is 85.6 cm³/mol. The van der Waals surface area contributed by atoms with Crippen LogP contribution in [0.4, 0.5) is 0 Å². The Hall–Kier alpha value is -2.86. The molecule has 0 aromatic heterocycles. The minimum atomic E-state index is -0.698. The van der Waals surface area contributed by atoms with Gasteiger partial charge in [-0.15, -0.1) is 0 Å². The molecule has 2 aromatic rings. The van der Waals surface area contributed by atoms with E-state index >= 15 is 0 Å². The number of aryl methyl sites for hydroxylation is 1. The third kappa shape index (κ3) is 2.64. The van der Waals surface area contributed by atoms with E-state index < -0.39 is 5.92 Å². The van der Waals surface area contributed by atoms with Crippen molar-refractivity contribution in [2.24, 2.45) is 5.92 Å². The van der Waals surface area contributed by atoms with Gasteiger partial charge in [-0.2, -0.15) is 5.26 Å². The van der Waals surface area contributed by atoms with Crippen LogP contribution in [0, 0.1) is 24.2 Å². The molecule has 3 rings (SSSR count). The molecule has 0 saturated heterocycles. The molecular formula is C19H16N2O. The van der Waals surface area contributed by atoms with Gasteiger partial charge in [-0.3, -0.25) is 4.79 Å². The van der Waals surface area contributed by atoms with Gasteiger partial charge >= 0.3 is 0 Å². The second-order valence-corrected chi connectivity index (χ2v) is 5.48. The normalized spacial score (nSPS) is 20.7. The van der Waals surface area contributed by atoms with Gasteiger partial charge in [0.1, 0.15) is 5.92 Å². The van der Waals surface area contributed by atoms with Crippen molar-refractivity contribution in [2.75, 3.05) is 0 Å². The quantitative estimate of drug-likeness (QED) is 0.921. The first-order valence-electron chi connectivity index (χ1n) is 7.23. The monoisotopic (exact) mass is 288 g/mol. The smallest absolute Gasteiger partial charge is 0.242 e. The molecule has 1 heterocycles. The molecule has 22 heavy (non-hydrogen) atoms. The van der Waals surface area contributed by atoms with E-state index in [1.165, 1.54) is 5.56 Å². The maximum atomic E-state index is 12.3. The van der Waals surface area contributed by atoms with Crippen molar-refractivity contribution in [3.63, 3.8) is 0 Å². The Morgan fingerprint density at radius 1 is 1.05 bits per heavy atom. The Kier molecular flexibility index (Phi) is 3.76. The number of nitrogens with one attached hydrogen (secondary N) is 1. The average Bonchev–Trinajstić information content (AvgIpc) is 2.55. The van der Waals surface area contributed by atoms with Gasteiger partial charge in [-0.1, -0.05) is 66.2 Å². The zero-order valence-electron chi connectivity index (χ0n) is 12.3. The minimum absolute atomic E-state index is 0.226. The largest absolute Gasteiger partial charge is 0.325 e. The molecule has 0 bridgehead atoms. The Morgan fingerprint density at radius 2 is 1.73 bits per heavy atom. The highest BCUT2D eigenvalue weighted by atomic mass is 16.2. The Balaban J connectivity index is 2.05. The van der Waals surface area contributed by atoms with E-state index in [0.717, 1.165) is 16.8 Å². The maximum absolute atomic E-state index is 12.3. The van der Waals surface area contributed by atoms with Crippen LogP contribution in [0.15, 0.2) is 60.7 Å². The zero-order chi connectivity index (χ0) is 15.5. The van der Waals surface area contributed by atoms with Gasteiger partial charge in [0.2, 0.25) is 5.91 Å². The van der Waals surface area contributed by atoms with E-state index in [0.29, 0.717) is 0 Å². The molecule has 2 aromatic carbocycles. The molecule has 1 aliphatic rings. The molecule has 0 saturated carbocycles. The molecule has 2 atom stereocenters. The number of allylic oxidation sites excluding steroid dienone is 1. The fourth-order valence-electron chi connectivity index (χ4n) is 2.70. The van der Waals surface area contributed by atoms with E-state index in [-0.39, 0.29) is 11.8 Å². The van der Waals surface area contributed by atoms with E-state index in [9.17, 15) is 10.1 Å². The Bertz CT molecular complexity index is 754. The number of nitrogens with zero attached hydrogens (tertiary/aromatic N) is 1. The lowest BCUT2D eigenvalue weighted by Crippen LogP contribution is -2.36. The number of hydrogen-bond acceptors (Lipinski definition) is 2. The molecule has 108 valence electrons. The van der Waals surface area contributed by atoms with E-state index in [1.54, 1.807) is 0 Å². The molecule has 0 aliphatic carbocycles. The lowest BCUT2D eigenvalue weighted by Gasteiger charge is -2.26. The number of carbonyl (C=O) groups excluding carboxylic acids is 1. The fraction of sp³-hybridized carbons (Fsp3) is 0.158. The van der Waals surface area contributed by atoms with Crippen LogP contribution in [0.3, 0.4) is 0 Å². The van der Waals surface area contributed by atoms with Crippen molar-refractivity contribution < 1.29 is 4.79 Å². The number of carbonyl (C=O) groups is 1. The van der Waals surface area contributed by atoms with Crippen molar-refractivity contribution in [1.82, 2.24) is 5.32 Å². The highest BCUT2D eigenvalue weighted by Crippen LogP contribution is 2.32. The zero-order valence-corrected chi connectivity index (χ0v) is 12.3. The SMILES string of the molecule is Cc1ccc(C2=CC(c3ccccc3)C(C#N)C(=O)N2)cc1. The van der Waals surface area contributed by atoms with Gasteiger partial charge in [-0.25, -0.2) is 0 Å². The summed E-state index contributed by atoms with van der Waals surface area (Å²) in [5.41, 5.74) is 3.87. The van der Waals surface area contributed by atoms with Crippen LogP contribution in [0.25, 0.3) is 5.70 Å². The molecule has 2 unspecified atom stereocenters. The number of amides is 1. The first-order chi connectivity index (χ1) is 10.7. The molecule has 3 nitrogen and oxygen atoms in total. The number of hydrogen-bond donors (Lipinski definition) is 1. The van der Waals surface area contributed by atoms with E-state index in [4.69, 9.17) is 0 Å². The van der Waals surface area contributed by atoms with Gasteiger partial charge < -0.3 is 5.32 Å². The van der Waals surface area contributed by atoms with E-state index in [2.05, 4.69) is 11.4 Å². The number of nitriles is 1. The summed E-state index contributed by atoms with van der Waals surface area (Å²) in [4.78, 5) is 12.3. The van der Waals surface area contributed by atoms with Gasteiger partial charge in [-0.05, 0) is 18.1 Å². The lowest BCUT2D eigenvalue weighted by atomic mass is 9.82. The molecule has 1 amide bonds. The highest BCUT2D eigenvalue weighted by Gasteiger charge is 2.33. The third-order valence-corrected chi connectivity index (χ3v) is 3.93. The van der Waals surface area contributed by atoms with Crippen molar-refractivity contribution in [1.29, 1.82) is 5.26 Å². The van der Waals surface area contributed by atoms with Crippen LogP contribution >= 0.6 is 0 Å². The maximum Gasteiger partial charge on any atom is 0.242 e. The molecule has 1 aliphatic heterocycles. The van der Waals surface area contributed by atoms with Crippen LogP contribution in [-0.4, -0.2) is 5.91 Å². The number of rotatable bonds is 2. The van der Waals surface area contributed by atoms with Crippen molar-refractivity contribution in [3.05, 3.63) is 77.4 Å². The summed E-state index contributed by atoms with van der Waals surface area (Å²) in [6.45, 7) is 2.02. The standard InChI is InChI=1S/C19H16N2O/c1-13-7-9-15(10-8-13)18-11-16(14-5-3-2-4-6-14)17(12-20)19(22)21-18/h2-11,16-17H,1H3,(H,21,22). The third-order valence-electron chi connectivity index (χ3n) is 3.93. The molecule has 0 radical (unpaired) electrons.